The molecule has 2 amide bonds. The molecule has 0 bridgehead atoms. The quantitative estimate of drug-likeness (QED) is 0.861. The van der Waals surface area contributed by atoms with E-state index in [0.29, 0.717) is 25.3 Å². The van der Waals surface area contributed by atoms with Crippen molar-refractivity contribution in [3.05, 3.63) is 36.2 Å². The van der Waals surface area contributed by atoms with Gasteiger partial charge in [0.05, 0.1) is 32.1 Å². The zero-order valence-corrected chi connectivity index (χ0v) is 15.2. The first-order valence-electron chi connectivity index (χ1n) is 8.28. The van der Waals surface area contributed by atoms with E-state index in [0.717, 1.165) is 17.1 Å². The Morgan fingerprint density at radius 2 is 2.31 bits per heavy atom. The van der Waals surface area contributed by atoms with Crippen LogP contribution in [0.2, 0.25) is 0 Å². The van der Waals surface area contributed by atoms with Crippen molar-refractivity contribution < 1.29 is 14.3 Å². The van der Waals surface area contributed by atoms with Crippen LogP contribution in [0.1, 0.15) is 19.4 Å². The summed E-state index contributed by atoms with van der Waals surface area (Å²) < 4.78 is 13.0. The lowest BCUT2D eigenvalue weighted by atomic mass is 10.1. The Kier molecular flexibility index (Phi) is 4.76. The predicted molar refractivity (Wildman–Crippen MR) is 98.2 cm³/mol. The number of methoxy groups -OCH3 is 1. The number of benzene rings is 1. The minimum Gasteiger partial charge on any atom is -0.497 e. The number of anilines is 1. The van der Waals surface area contributed by atoms with Gasteiger partial charge >= 0.3 is 6.03 Å². The molecular weight excluding hydrogens is 332 g/mol. The van der Waals surface area contributed by atoms with Crippen LogP contribution in [0.5, 0.6) is 11.5 Å². The average molecular weight is 354 g/mol. The molecular formula is C19H22N4O3. The van der Waals surface area contributed by atoms with Crippen LogP contribution in [0.25, 0.3) is 0 Å². The number of aromatic nitrogens is 2. The molecule has 2 aromatic rings. The third-order valence-electron chi connectivity index (χ3n) is 4.02. The lowest BCUT2D eigenvalue weighted by molar-refractivity contribution is 0.0833. The van der Waals surface area contributed by atoms with Crippen LogP contribution in [0.15, 0.2) is 30.6 Å². The molecule has 0 saturated carbocycles. The number of nitrogens with zero attached hydrogens (tertiary/aromatic N) is 3. The Hall–Kier alpha value is -3.14. The van der Waals surface area contributed by atoms with E-state index in [9.17, 15) is 4.79 Å². The number of urea groups is 1. The molecule has 26 heavy (non-hydrogen) atoms. The van der Waals surface area contributed by atoms with Crippen molar-refractivity contribution in [2.24, 2.45) is 0 Å². The predicted octanol–water partition coefficient (Wildman–Crippen LogP) is 2.73. The van der Waals surface area contributed by atoms with Gasteiger partial charge in [-0.05, 0) is 26.0 Å². The van der Waals surface area contributed by atoms with Crippen molar-refractivity contribution in [2.75, 3.05) is 19.0 Å². The van der Waals surface area contributed by atoms with Gasteiger partial charge in [-0.2, -0.15) is 5.10 Å². The zero-order chi connectivity index (χ0) is 18.7. The lowest BCUT2D eigenvalue weighted by Crippen LogP contribution is -2.44. The van der Waals surface area contributed by atoms with Gasteiger partial charge in [0.25, 0.3) is 0 Å². The maximum atomic E-state index is 12.8. The molecule has 0 fully saturated rings. The fraction of sp³-hybridized carbons (Fsp3) is 0.368. The molecule has 0 spiro atoms. The molecule has 0 radical (unpaired) electrons. The van der Waals surface area contributed by atoms with E-state index >= 15 is 0 Å². The van der Waals surface area contributed by atoms with Crippen LogP contribution in [0.4, 0.5) is 10.5 Å². The van der Waals surface area contributed by atoms with Gasteiger partial charge in [-0.15, -0.1) is 6.42 Å². The highest BCUT2D eigenvalue weighted by molar-refractivity contribution is 5.89. The summed E-state index contributed by atoms with van der Waals surface area (Å²) in [5, 5.41) is 6.97. The number of amides is 2. The summed E-state index contributed by atoms with van der Waals surface area (Å²) in [5.74, 6) is 3.95. The summed E-state index contributed by atoms with van der Waals surface area (Å²) in [6, 6.07) is 5.41. The number of carbonyl (C=O) groups is 1. The van der Waals surface area contributed by atoms with Crippen LogP contribution in [-0.2, 0) is 13.1 Å². The van der Waals surface area contributed by atoms with E-state index in [1.807, 2.05) is 32.0 Å². The fourth-order valence-electron chi connectivity index (χ4n) is 2.89. The standard InChI is InChI=1S/C19H22N4O3/c1-5-8-23-12-15(10-20-23)21-18(24)22-11-14-6-7-16(25-4)9-17(14)26-19(2,3)13-22/h1,6-7,9-10,12H,8,11,13H2,2-4H3,(H,21,24). The van der Waals surface area contributed by atoms with Gasteiger partial charge in [-0.25, -0.2) is 4.79 Å². The number of nitrogens with one attached hydrogen (secondary N) is 1. The van der Waals surface area contributed by atoms with Gasteiger partial charge in [0.1, 0.15) is 23.6 Å². The van der Waals surface area contributed by atoms with Crippen molar-refractivity contribution in [1.29, 1.82) is 0 Å². The summed E-state index contributed by atoms with van der Waals surface area (Å²) >= 11 is 0. The first-order valence-corrected chi connectivity index (χ1v) is 8.28. The molecule has 1 aliphatic rings. The summed E-state index contributed by atoms with van der Waals surface area (Å²) in [6.45, 7) is 5.14. The third-order valence-corrected chi connectivity index (χ3v) is 4.02. The van der Waals surface area contributed by atoms with E-state index in [4.69, 9.17) is 15.9 Å². The molecule has 0 atom stereocenters. The largest absolute Gasteiger partial charge is 0.497 e. The minimum absolute atomic E-state index is 0.217. The van der Waals surface area contributed by atoms with Gasteiger partial charge in [0.15, 0.2) is 0 Å². The molecule has 136 valence electrons. The third kappa shape index (κ3) is 3.91. The number of fused-ring (bicyclic) bond motifs is 1. The lowest BCUT2D eigenvalue weighted by Gasteiger charge is -2.29. The number of hydrogen-bond acceptors (Lipinski definition) is 4. The summed E-state index contributed by atoms with van der Waals surface area (Å²) in [4.78, 5) is 14.5. The fourth-order valence-corrected chi connectivity index (χ4v) is 2.89. The maximum absolute atomic E-state index is 12.8. The van der Waals surface area contributed by atoms with Gasteiger partial charge in [0.2, 0.25) is 0 Å². The topological polar surface area (TPSA) is 68.6 Å². The smallest absolute Gasteiger partial charge is 0.322 e. The Labute approximate surface area is 152 Å². The number of ether oxygens (including phenoxy) is 2. The van der Waals surface area contributed by atoms with Crippen molar-refractivity contribution in [3.63, 3.8) is 0 Å². The number of rotatable bonds is 3. The molecule has 0 saturated heterocycles. The Bertz CT molecular complexity index is 851. The molecule has 2 heterocycles. The monoisotopic (exact) mass is 354 g/mol. The van der Waals surface area contributed by atoms with Gasteiger partial charge in [-0.3, -0.25) is 4.68 Å². The highest BCUT2D eigenvalue weighted by Crippen LogP contribution is 2.32. The first-order chi connectivity index (χ1) is 12.4. The number of hydrogen-bond donors (Lipinski definition) is 1. The number of carbonyl (C=O) groups excluding carboxylic acids is 1. The van der Waals surface area contributed by atoms with E-state index in [-0.39, 0.29) is 6.03 Å². The second kappa shape index (κ2) is 7.00. The Morgan fingerprint density at radius 3 is 3.04 bits per heavy atom. The van der Waals surface area contributed by atoms with Gasteiger partial charge in [-0.1, -0.05) is 5.92 Å². The number of terminal acetylenes is 1. The van der Waals surface area contributed by atoms with E-state index in [1.165, 1.54) is 0 Å². The zero-order valence-electron chi connectivity index (χ0n) is 15.2. The van der Waals surface area contributed by atoms with E-state index < -0.39 is 5.60 Å². The molecule has 7 heteroatoms. The molecule has 1 aliphatic heterocycles. The summed E-state index contributed by atoms with van der Waals surface area (Å²) in [7, 11) is 1.61. The van der Waals surface area contributed by atoms with Gasteiger partial charge in [0, 0.05) is 17.8 Å². The van der Waals surface area contributed by atoms with Crippen molar-refractivity contribution in [1.82, 2.24) is 14.7 Å². The first kappa shape index (κ1) is 17.7. The summed E-state index contributed by atoms with van der Waals surface area (Å²) in [5.41, 5.74) is 0.987. The van der Waals surface area contributed by atoms with E-state index in [2.05, 4.69) is 16.3 Å². The van der Waals surface area contributed by atoms with Crippen molar-refractivity contribution in [2.45, 2.75) is 32.5 Å². The second-order valence-corrected chi connectivity index (χ2v) is 6.75. The molecule has 0 unspecified atom stereocenters. The Balaban J connectivity index is 1.79. The second-order valence-electron chi connectivity index (χ2n) is 6.75. The van der Waals surface area contributed by atoms with Crippen LogP contribution < -0.4 is 14.8 Å². The maximum Gasteiger partial charge on any atom is 0.322 e. The average Bonchev–Trinajstić information content (AvgIpc) is 2.96. The molecule has 7 nitrogen and oxygen atoms in total. The molecule has 1 aromatic heterocycles. The van der Waals surface area contributed by atoms with Crippen LogP contribution >= 0.6 is 0 Å². The van der Waals surface area contributed by atoms with Crippen LogP contribution in [0, 0.1) is 12.3 Å². The van der Waals surface area contributed by atoms with Gasteiger partial charge < -0.3 is 19.7 Å². The highest BCUT2D eigenvalue weighted by Gasteiger charge is 2.32. The van der Waals surface area contributed by atoms with Crippen LogP contribution in [0.3, 0.4) is 0 Å². The van der Waals surface area contributed by atoms with Crippen molar-refractivity contribution >= 4 is 11.7 Å². The molecule has 1 aromatic carbocycles. The Morgan fingerprint density at radius 1 is 1.50 bits per heavy atom. The van der Waals surface area contributed by atoms with Crippen molar-refractivity contribution in [3.8, 4) is 23.8 Å². The van der Waals surface area contributed by atoms with E-state index in [1.54, 1.807) is 29.1 Å². The molecule has 0 aliphatic carbocycles. The highest BCUT2D eigenvalue weighted by atomic mass is 16.5. The SMILES string of the molecule is C#CCn1cc(NC(=O)N2Cc3ccc(OC)cc3OC(C)(C)C2)cn1. The normalized spacial score (nSPS) is 15.2. The summed E-state index contributed by atoms with van der Waals surface area (Å²) in [6.07, 6.45) is 8.55. The molecule has 3 rings (SSSR count). The van der Waals surface area contributed by atoms with Crippen LogP contribution in [-0.4, -0.2) is 40.0 Å². The molecule has 1 N–H and O–H groups in total. The minimum atomic E-state index is -0.539.